The minimum atomic E-state index is -2.27. The molecule has 0 spiro atoms. The lowest BCUT2D eigenvalue weighted by molar-refractivity contribution is -0.307. The Kier molecular flexibility index (Phi) is 24.2. The number of aliphatic hydroxyl groups is 10. The first-order chi connectivity index (χ1) is 33.1. The van der Waals surface area contributed by atoms with E-state index in [2.05, 4.69) is 5.32 Å². The van der Waals surface area contributed by atoms with E-state index in [0.717, 1.165) is 0 Å². The maximum atomic E-state index is 13.9. The number of esters is 1. The van der Waals surface area contributed by atoms with Crippen molar-refractivity contribution in [1.29, 1.82) is 0 Å². The SMILES string of the molecule is C[C@@H]1OC(=O)CC(O)CC(O)CCC(O)C(O)CC(O)CC2(O)C[C@H](O)C(C(=O)NC3CC(N)C3)[C@H](CC(O[C@@H]3O[C@H](C)C(O)[C@H](N)[C@@H]3O)/C=C/C=C/C=C/C=C/C=C/C=C/C=C/[C@H](C)C(O)[C@H]1C)O2. The number of carbonyl (C=O) groups excluding carboxylic acids is 2. The minimum absolute atomic E-state index is 0.0936. The number of ether oxygens (including phenoxy) is 4. The largest absolute Gasteiger partial charge is 0.462 e. The van der Waals surface area contributed by atoms with Crippen molar-refractivity contribution < 1.29 is 79.6 Å². The van der Waals surface area contributed by atoms with Gasteiger partial charge in [-0.1, -0.05) is 98.9 Å². The van der Waals surface area contributed by atoms with Crippen LogP contribution < -0.4 is 16.8 Å². The first kappa shape index (κ1) is 59.1. The van der Waals surface area contributed by atoms with Gasteiger partial charge in [-0.05, 0) is 46.0 Å². The van der Waals surface area contributed by atoms with Crippen LogP contribution in [0.5, 0.6) is 0 Å². The first-order valence-electron chi connectivity index (χ1n) is 24.6. The molecule has 3 aliphatic heterocycles. The molecule has 2 saturated heterocycles. The van der Waals surface area contributed by atoms with Crippen LogP contribution in [0.25, 0.3) is 0 Å². The number of allylic oxidation sites excluding steroid dienone is 12. The molecule has 0 aromatic carbocycles. The molecule has 396 valence electrons. The summed E-state index contributed by atoms with van der Waals surface area (Å²) in [5.74, 6) is -5.55. The van der Waals surface area contributed by atoms with Gasteiger partial charge in [0.25, 0.3) is 0 Å². The van der Waals surface area contributed by atoms with Crippen LogP contribution in [-0.4, -0.2) is 172 Å². The third kappa shape index (κ3) is 18.8. The van der Waals surface area contributed by atoms with Gasteiger partial charge in [-0.15, -0.1) is 0 Å². The summed E-state index contributed by atoms with van der Waals surface area (Å²) >= 11 is 0. The molecule has 19 nitrogen and oxygen atoms in total. The highest BCUT2D eigenvalue weighted by atomic mass is 16.7. The standard InChI is InChI=1S/C51H81N3O16/c1-29-17-15-13-11-9-7-5-6-8-10-12-14-16-18-38(69-50-48(64)45(53)47(63)32(4)68-50)26-42-44(49(65)54-34-21-33(52)22-34)41(60)28-51(66,70-42)27-37(57)24-40(59)39(58)20-19-35(55)23-36(56)25-43(61)67-31(3)30(2)46(29)62/h5-18,29-42,44-48,50,55-60,62-64,66H,19-28,52-53H2,1-4H3,(H,54,65)/b6-5+,9-7+,10-8+,13-11+,14-12+,17-15+,18-16+/t29-,30-,31-,32+,33?,34?,35?,36?,37?,38?,39?,40?,41-,42-,44?,45-,46?,47?,48-,50-,51?/m0/s1. The van der Waals surface area contributed by atoms with Gasteiger partial charge in [0.15, 0.2) is 12.1 Å². The summed E-state index contributed by atoms with van der Waals surface area (Å²) in [6.45, 7) is 6.80. The number of carbonyl (C=O) groups is 2. The van der Waals surface area contributed by atoms with Crippen molar-refractivity contribution in [3.05, 3.63) is 85.1 Å². The smallest absolute Gasteiger partial charge is 0.308 e. The lowest BCUT2D eigenvalue weighted by Gasteiger charge is -2.46. The van der Waals surface area contributed by atoms with Gasteiger partial charge in [0, 0.05) is 49.6 Å². The predicted molar refractivity (Wildman–Crippen MR) is 258 cm³/mol. The number of nitrogens with two attached hydrogens (primary N) is 2. The topological polar surface area (TPSA) is 337 Å². The van der Waals surface area contributed by atoms with Crippen LogP contribution in [0.3, 0.4) is 0 Å². The summed E-state index contributed by atoms with van der Waals surface area (Å²) in [5.41, 5.74) is 12.1. The monoisotopic (exact) mass is 992 g/mol. The number of rotatable bonds is 4. The molecule has 4 aliphatic rings. The molecule has 0 aromatic heterocycles. The van der Waals surface area contributed by atoms with E-state index in [1.54, 1.807) is 63.3 Å². The summed E-state index contributed by atoms with van der Waals surface area (Å²) < 4.78 is 23.8. The number of amides is 1. The Bertz CT molecular complexity index is 1820. The highest BCUT2D eigenvalue weighted by Gasteiger charge is 2.51. The van der Waals surface area contributed by atoms with E-state index < -0.39 is 147 Å². The van der Waals surface area contributed by atoms with Crippen molar-refractivity contribution in [2.45, 2.75) is 201 Å². The van der Waals surface area contributed by atoms with Gasteiger partial charge >= 0.3 is 5.97 Å². The van der Waals surface area contributed by atoms with Gasteiger partial charge in [0.2, 0.25) is 5.91 Å². The molecule has 19 heteroatoms. The molecule has 70 heavy (non-hydrogen) atoms. The Labute approximate surface area is 411 Å². The Balaban J connectivity index is 1.59. The molecule has 3 heterocycles. The summed E-state index contributed by atoms with van der Waals surface area (Å²) in [6, 6.07) is -1.48. The van der Waals surface area contributed by atoms with Crippen LogP contribution in [0.2, 0.25) is 0 Å². The van der Waals surface area contributed by atoms with Crippen molar-refractivity contribution >= 4 is 11.9 Å². The fraction of sp³-hybridized carbons (Fsp3) is 0.686. The molecule has 1 saturated carbocycles. The molecule has 15 N–H and O–H groups in total. The van der Waals surface area contributed by atoms with Crippen molar-refractivity contribution in [1.82, 2.24) is 5.32 Å². The van der Waals surface area contributed by atoms with Crippen molar-refractivity contribution in [2.24, 2.45) is 29.2 Å². The lowest BCUT2D eigenvalue weighted by atomic mass is 9.81. The second kappa shape index (κ2) is 28.7. The lowest BCUT2D eigenvalue weighted by Crippen LogP contribution is -2.62. The molecule has 4 rings (SSSR count). The van der Waals surface area contributed by atoms with E-state index >= 15 is 0 Å². The molecule has 2 bridgehead atoms. The zero-order chi connectivity index (χ0) is 51.7. The van der Waals surface area contributed by atoms with Crippen LogP contribution in [-0.2, 0) is 28.5 Å². The van der Waals surface area contributed by atoms with Crippen molar-refractivity contribution in [2.75, 3.05) is 0 Å². The summed E-state index contributed by atoms with van der Waals surface area (Å²) in [6.07, 6.45) is 5.87. The molecule has 10 unspecified atom stereocenters. The van der Waals surface area contributed by atoms with Gasteiger partial charge in [-0.2, -0.15) is 0 Å². The summed E-state index contributed by atoms with van der Waals surface area (Å²) in [5, 5.41) is 113. The fourth-order valence-corrected chi connectivity index (χ4v) is 9.07. The first-order valence-corrected chi connectivity index (χ1v) is 24.6. The normalized spacial score (nSPS) is 46.1. The maximum absolute atomic E-state index is 13.9. The third-order valence-corrected chi connectivity index (χ3v) is 13.6. The average molecular weight is 992 g/mol. The van der Waals surface area contributed by atoms with Gasteiger partial charge in [-0.3, -0.25) is 9.59 Å². The molecular formula is C51H81N3O16. The van der Waals surface area contributed by atoms with Crippen LogP contribution >= 0.6 is 0 Å². The van der Waals surface area contributed by atoms with E-state index in [4.69, 9.17) is 30.4 Å². The second-order valence-electron chi connectivity index (χ2n) is 19.7. The average Bonchev–Trinajstić information content (AvgIpc) is 3.27. The Hall–Kier alpha value is -3.48. The molecule has 19 atom stereocenters. The van der Waals surface area contributed by atoms with E-state index in [9.17, 15) is 60.7 Å². The molecular weight excluding hydrogens is 911 g/mol. The van der Waals surface area contributed by atoms with Crippen LogP contribution in [0.15, 0.2) is 85.1 Å². The second-order valence-corrected chi connectivity index (χ2v) is 19.7. The summed E-state index contributed by atoms with van der Waals surface area (Å²) in [4.78, 5) is 26.5. The Morgan fingerprint density at radius 2 is 1.24 bits per heavy atom. The molecule has 1 amide bonds. The number of hydrogen-bond acceptors (Lipinski definition) is 18. The Morgan fingerprint density at radius 3 is 1.84 bits per heavy atom. The number of hydrogen-bond donors (Lipinski definition) is 13. The third-order valence-electron chi connectivity index (χ3n) is 13.6. The number of cyclic esters (lactones) is 1. The van der Waals surface area contributed by atoms with Crippen LogP contribution in [0, 0.1) is 17.8 Å². The molecule has 0 aromatic rings. The highest BCUT2D eigenvalue weighted by molar-refractivity contribution is 5.80. The van der Waals surface area contributed by atoms with E-state index in [0.29, 0.717) is 12.8 Å². The Morgan fingerprint density at radius 1 is 0.657 bits per heavy atom. The highest BCUT2D eigenvalue weighted by Crippen LogP contribution is 2.38. The minimum Gasteiger partial charge on any atom is -0.462 e. The summed E-state index contributed by atoms with van der Waals surface area (Å²) in [7, 11) is 0. The molecule has 1 aliphatic carbocycles. The van der Waals surface area contributed by atoms with E-state index in [1.807, 2.05) is 49.5 Å². The van der Waals surface area contributed by atoms with Crippen LogP contribution in [0.4, 0.5) is 0 Å². The quantitative estimate of drug-likeness (QED) is 0.168. The van der Waals surface area contributed by atoms with Gasteiger partial charge in [0.1, 0.15) is 12.2 Å². The van der Waals surface area contributed by atoms with Gasteiger partial charge in [-0.25, -0.2) is 0 Å². The zero-order valence-electron chi connectivity index (χ0n) is 40.8. The molecule has 0 radical (unpaired) electrons. The predicted octanol–water partition coefficient (Wildman–Crippen LogP) is 0.233. The maximum Gasteiger partial charge on any atom is 0.308 e. The fourth-order valence-electron chi connectivity index (χ4n) is 9.07. The number of nitrogens with one attached hydrogen (secondary N) is 1. The number of fused-ring (bicyclic) bond motifs is 2. The van der Waals surface area contributed by atoms with Gasteiger partial charge in [0.05, 0.1) is 85.5 Å². The zero-order valence-corrected chi connectivity index (χ0v) is 40.8. The van der Waals surface area contributed by atoms with Crippen LogP contribution in [0.1, 0.15) is 91.9 Å². The van der Waals surface area contributed by atoms with E-state index in [1.165, 1.54) is 0 Å². The van der Waals surface area contributed by atoms with Crippen molar-refractivity contribution in [3.8, 4) is 0 Å². The number of aliphatic hydroxyl groups excluding tert-OH is 9. The van der Waals surface area contributed by atoms with E-state index in [-0.39, 0.29) is 43.7 Å². The molecule has 3 fully saturated rings. The van der Waals surface area contributed by atoms with Gasteiger partial charge < -0.3 is 86.8 Å². The van der Waals surface area contributed by atoms with Crippen molar-refractivity contribution in [3.63, 3.8) is 0 Å².